The SMILES string of the molecule is CN[C@@H](Cc1cnc([C@@H](O)[C@H](O)[C@H](O)CO)cn1)[C@H](O)CO. The molecule has 9 nitrogen and oxygen atoms in total. The van der Waals surface area contributed by atoms with Crippen LogP contribution in [-0.4, -0.2) is 85.2 Å². The van der Waals surface area contributed by atoms with Crippen molar-refractivity contribution in [2.24, 2.45) is 0 Å². The van der Waals surface area contributed by atoms with E-state index in [0.717, 1.165) is 0 Å². The summed E-state index contributed by atoms with van der Waals surface area (Å²) in [5.74, 6) is 0. The molecule has 9 heteroatoms. The van der Waals surface area contributed by atoms with Gasteiger partial charge in [0, 0.05) is 18.7 Å². The average molecular weight is 317 g/mol. The third-order valence-electron chi connectivity index (χ3n) is 3.38. The number of aromatic nitrogens is 2. The lowest BCUT2D eigenvalue weighted by molar-refractivity contribution is -0.0790. The van der Waals surface area contributed by atoms with Gasteiger partial charge in [-0.25, -0.2) is 0 Å². The largest absolute Gasteiger partial charge is 0.394 e. The Morgan fingerprint density at radius 3 is 2.09 bits per heavy atom. The highest BCUT2D eigenvalue weighted by molar-refractivity contribution is 5.08. The molecule has 1 aromatic heterocycles. The predicted molar refractivity (Wildman–Crippen MR) is 75.7 cm³/mol. The lowest BCUT2D eigenvalue weighted by Gasteiger charge is -2.22. The molecule has 0 amide bonds. The monoisotopic (exact) mass is 317 g/mol. The summed E-state index contributed by atoms with van der Waals surface area (Å²) in [6, 6.07) is -0.406. The Morgan fingerprint density at radius 1 is 1.00 bits per heavy atom. The summed E-state index contributed by atoms with van der Waals surface area (Å²) in [5.41, 5.74) is 0.562. The number of nitrogens with zero attached hydrogens (tertiary/aromatic N) is 2. The minimum atomic E-state index is -1.58. The molecule has 0 aliphatic carbocycles. The first kappa shape index (κ1) is 18.8. The van der Waals surface area contributed by atoms with Crippen LogP contribution in [-0.2, 0) is 6.42 Å². The van der Waals surface area contributed by atoms with Crippen molar-refractivity contribution in [2.45, 2.75) is 36.9 Å². The second-order valence-electron chi connectivity index (χ2n) is 4.97. The number of nitrogens with one attached hydrogen (secondary N) is 1. The molecule has 7 N–H and O–H groups in total. The Labute approximate surface area is 127 Å². The van der Waals surface area contributed by atoms with Gasteiger partial charge in [-0.1, -0.05) is 0 Å². The maximum atomic E-state index is 9.83. The number of hydrogen-bond donors (Lipinski definition) is 7. The highest BCUT2D eigenvalue weighted by Crippen LogP contribution is 2.16. The first-order valence-corrected chi connectivity index (χ1v) is 6.86. The van der Waals surface area contributed by atoms with Gasteiger partial charge in [-0.15, -0.1) is 0 Å². The van der Waals surface area contributed by atoms with Gasteiger partial charge in [-0.2, -0.15) is 0 Å². The van der Waals surface area contributed by atoms with Gasteiger partial charge in [0.25, 0.3) is 0 Å². The van der Waals surface area contributed by atoms with E-state index in [-0.39, 0.29) is 12.3 Å². The molecule has 0 saturated heterocycles. The highest BCUT2D eigenvalue weighted by Gasteiger charge is 2.27. The molecule has 1 rings (SSSR count). The standard InChI is InChI=1S/C13H23N3O6/c1-14-8(10(19)5-17)2-7-3-16-9(4-15-7)12(21)13(22)11(20)6-18/h3-4,8,10-14,17-22H,2,5-6H2,1H3/t8-,10+,11+,12+,13+/m0/s1. The van der Waals surface area contributed by atoms with Crippen molar-refractivity contribution in [3.8, 4) is 0 Å². The van der Waals surface area contributed by atoms with Crippen molar-refractivity contribution >= 4 is 0 Å². The number of aliphatic hydroxyl groups is 6. The van der Waals surface area contributed by atoms with Crippen molar-refractivity contribution in [1.82, 2.24) is 15.3 Å². The van der Waals surface area contributed by atoms with E-state index in [1.807, 2.05) is 0 Å². The van der Waals surface area contributed by atoms with Crippen molar-refractivity contribution < 1.29 is 30.6 Å². The Bertz CT molecular complexity index is 432. The Balaban J connectivity index is 2.73. The van der Waals surface area contributed by atoms with Crippen LogP contribution < -0.4 is 5.32 Å². The lowest BCUT2D eigenvalue weighted by Crippen LogP contribution is -2.41. The predicted octanol–water partition coefficient (Wildman–Crippen LogP) is -3.29. The molecule has 0 unspecified atom stereocenters. The molecule has 1 heterocycles. The molecule has 5 atom stereocenters. The van der Waals surface area contributed by atoms with Crippen LogP contribution in [0.1, 0.15) is 17.5 Å². The van der Waals surface area contributed by atoms with Gasteiger partial charge in [-0.3, -0.25) is 9.97 Å². The molecule has 0 radical (unpaired) electrons. The van der Waals surface area contributed by atoms with Crippen LogP contribution in [0.15, 0.2) is 12.4 Å². The molecule has 0 saturated carbocycles. The van der Waals surface area contributed by atoms with Crippen LogP contribution in [0.5, 0.6) is 0 Å². The zero-order chi connectivity index (χ0) is 16.7. The van der Waals surface area contributed by atoms with Gasteiger partial charge in [-0.05, 0) is 7.05 Å². The Kier molecular flexibility index (Phi) is 7.76. The summed E-state index contributed by atoms with van der Waals surface area (Å²) in [5, 5.41) is 58.8. The van der Waals surface area contributed by atoms with Gasteiger partial charge in [0.1, 0.15) is 18.3 Å². The van der Waals surface area contributed by atoms with Crippen LogP contribution in [0.4, 0.5) is 0 Å². The quantitative estimate of drug-likeness (QED) is 0.248. The van der Waals surface area contributed by atoms with Gasteiger partial charge in [0.2, 0.25) is 0 Å². The van der Waals surface area contributed by atoms with Crippen molar-refractivity contribution in [3.63, 3.8) is 0 Å². The van der Waals surface area contributed by atoms with Crippen LogP contribution in [0.3, 0.4) is 0 Å². The van der Waals surface area contributed by atoms with Gasteiger partial charge in [0.15, 0.2) is 0 Å². The van der Waals surface area contributed by atoms with E-state index in [1.54, 1.807) is 7.05 Å². The molecule has 0 spiro atoms. The highest BCUT2D eigenvalue weighted by atomic mass is 16.4. The van der Waals surface area contributed by atoms with E-state index in [4.69, 9.17) is 10.2 Å². The summed E-state index contributed by atoms with van der Waals surface area (Å²) < 4.78 is 0. The van der Waals surface area contributed by atoms with E-state index < -0.39 is 37.1 Å². The average Bonchev–Trinajstić information content (AvgIpc) is 2.57. The van der Waals surface area contributed by atoms with Crippen LogP contribution >= 0.6 is 0 Å². The van der Waals surface area contributed by atoms with E-state index >= 15 is 0 Å². The fourth-order valence-corrected chi connectivity index (χ4v) is 1.90. The van der Waals surface area contributed by atoms with Crippen molar-refractivity contribution in [1.29, 1.82) is 0 Å². The van der Waals surface area contributed by atoms with Crippen LogP contribution in [0, 0.1) is 0 Å². The topological polar surface area (TPSA) is 159 Å². The van der Waals surface area contributed by atoms with Crippen molar-refractivity contribution in [2.75, 3.05) is 20.3 Å². The summed E-state index contributed by atoms with van der Waals surface area (Å²) in [6.07, 6.45) is -2.57. The second-order valence-corrected chi connectivity index (χ2v) is 4.97. The summed E-state index contributed by atoms with van der Waals surface area (Å²) in [4.78, 5) is 8.01. The third-order valence-corrected chi connectivity index (χ3v) is 3.38. The number of rotatable bonds is 9. The smallest absolute Gasteiger partial charge is 0.126 e. The Hall–Kier alpha value is -1.20. The minimum absolute atomic E-state index is 0.0486. The molecule has 0 bridgehead atoms. The fraction of sp³-hybridized carbons (Fsp3) is 0.692. The van der Waals surface area contributed by atoms with Crippen LogP contribution in [0.2, 0.25) is 0 Å². The molecule has 0 aliphatic heterocycles. The number of aliphatic hydroxyl groups excluding tert-OH is 6. The van der Waals surface area contributed by atoms with Gasteiger partial charge in [0.05, 0.1) is 36.9 Å². The number of likely N-dealkylation sites (N-methyl/N-ethyl adjacent to an activating group) is 1. The zero-order valence-corrected chi connectivity index (χ0v) is 12.2. The maximum absolute atomic E-state index is 9.83. The van der Waals surface area contributed by atoms with E-state index in [9.17, 15) is 20.4 Å². The molecule has 126 valence electrons. The van der Waals surface area contributed by atoms with Crippen molar-refractivity contribution in [3.05, 3.63) is 23.8 Å². The van der Waals surface area contributed by atoms with E-state index in [1.165, 1.54) is 12.4 Å². The first-order chi connectivity index (χ1) is 10.4. The fourth-order valence-electron chi connectivity index (χ4n) is 1.90. The molecule has 0 aliphatic rings. The molecule has 0 aromatic carbocycles. The molecule has 0 fully saturated rings. The van der Waals surface area contributed by atoms with E-state index in [2.05, 4.69) is 15.3 Å². The normalized spacial score (nSPS) is 18.5. The van der Waals surface area contributed by atoms with Gasteiger partial charge < -0.3 is 36.0 Å². The third kappa shape index (κ3) is 4.92. The molecule has 1 aromatic rings. The molecular formula is C13H23N3O6. The summed E-state index contributed by atoms with van der Waals surface area (Å²) in [7, 11) is 1.64. The molecular weight excluding hydrogens is 294 g/mol. The zero-order valence-electron chi connectivity index (χ0n) is 12.2. The first-order valence-electron chi connectivity index (χ1n) is 6.86. The second kappa shape index (κ2) is 9.06. The maximum Gasteiger partial charge on any atom is 0.126 e. The minimum Gasteiger partial charge on any atom is -0.394 e. The lowest BCUT2D eigenvalue weighted by atomic mass is 10.0. The molecule has 22 heavy (non-hydrogen) atoms. The Morgan fingerprint density at radius 2 is 1.64 bits per heavy atom. The van der Waals surface area contributed by atoms with E-state index in [0.29, 0.717) is 12.1 Å². The van der Waals surface area contributed by atoms with Crippen LogP contribution in [0.25, 0.3) is 0 Å². The summed E-state index contributed by atoms with van der Waals surface area (Å²) in [6.45, 7) is -1.08. The van der Waals surface area contributed by atoms with Gasteiger partial charge >= 0.3 is 0 Å². The number of hydrogen-bond acceptors (Lipinski definition) is 9. The summed E-state index contributed by atoms with van der Waals surface area (Å²) >= 11 is 0.